The Balaban J connectivity index is 1.36. The molecule has 0 atom stereocenters. The number of aromatic nitrogens is 3. The summed E-state index contributed by atoms with van der Waals surface area (Å²) in [5.41, 5.74) is 2.52. The molecule has 0 bridgehead atoms. The first kappa shape index (κ1) is 19.2. The molecule has 29 heavy (non-hydrogen) atoms. The monoisotopic (exact) mass is 410 g/mol. The van der Waals surface area contributed by atoms with Gasteiger partial charge in [-0.3, -0.25) is 14.0 Å². The van der Waals surface area contributed by atoms with Crippen molar-refractivity contribution in [2.24, 2.45) is 0 Å². The predicted molar refractivity (Wildman–Crippen MR) is 114 cm³/mol. The predicted octanol–water partition coefficient (Wildman–Crippen LogP) is 3.12. The lowest BCUT2D eigenvalue weighted by molar-refractivity contribution is -0.121. The van der Waals surface area contributed by atoms with Gasteiger partial charge < -0.3 is 10.1 Å². The molecule has 4 aromatic rings. The van der Waals surface area contributed by atoms with Crippen molar-refractivity contribution in [1.29, 1.82) is 0 Å². The van der Waals surface area contributed by atoms with Gasteiger partial charge in [-0.15, -0.1) is 11.3 Å². The summed E-state index contributed by atoms with van der Waals surface area (Å²) in [5, 5.41) is 9.35. The quantitative estimate of drug-likeness (QED) is 0.508. The molecule has 3 heterocycles. The molecule has 0 aliphatic rings. The smallest absolute Gasteiger partial charge is 0.291 e. The zero-order chi connectivity index (χ0) is 20.4. The van der Waals surface area contributed by atoms with Crippen molar-refractivity contribution in [3.63, 3.8) is 0 Å². The van der Waals surface area contributed by atoms with Gasteiger partial charge in [0.1, 0.15) is 17.1 Å². The van der Waals surface area contributed by atoms with Crippen LogP contribution in [0.15, 0.2) is 46.6 Å². The van der Waals surface area contributed by atoms with Crippen molar-refractivity contribution in [3.8, 4) is 5.75 Å². The Morgan fingerprint density at radius 3 is 2.76 bits per heavy atom. The standard InChI is InChI=1S/C21H22N4O3S/c1-14-23-24(21(27)18-12-19-17(25(14)18)9-11-29-19)10-3-4-20(26)22-13-15-5-7-16(28-2)8-6-15/h5-9,11-12H,3-4,10,13H2,1-2H3,(H,22,26). The lowest BCUT2D eigenvalue weighted by atomic mass is 10.2. The fourth-order valence-electron chi connectivity index (χ4n) is 3.40. The molecule has 3 aromatic heterocycles. The van der Waals surface area contributed by atoms with Gasteiger partial charge in [0.15, 0.2) is 0 Å². The van der Waals surface area contributed by atoms with Crippen LogP contribution >= 0.6 is 11.3 Å². The van der Waals surface area contributed by atoms with E-state index in [9.17, 15) is 9.59 Å². The zero-order valence-electron chi connectivity index (χ0n) is 16.3. The molecule has 1 aromatic carbocycles. The van der Waals surface area contributed by atoms with E-state index < -0.39 is 0 Å². The van der Waals surface area contributed by atoms with Gasteiger partial charge in [0.2, 0.25) is 5.91 Å². The molecule has 0 aliphatic heterocycles. The number of carbonyl (C=O) groups excluding carboxylic acids is 1. The average molecular weight is 410 g/mol. The number of fused-ring (bicyclic) bond motifs is 3. The number of aryl methyl sites for hydroxylation is 2. The van der Waals surface area contributed by atoms with Gasteiger partial charge in [0.25, 0.3) is 5.56 Å². The molecule has 0 saturated heterocycles. The first-order valence-electron chi connectivity index (χ1n) is 9.43. The number of amides is 1. The number of nitrogens with one attached hydrogen (secondary N) is 1. The zero-order valence-corrected chi connectivity index (χ0v) is 17.2. The van der Waals surface area contributed by atoms with Gasteiger partial charge >= 0.3 is 0 Å². The lowest BCUT2D eigenvalue weighted by Crippen LogP contribution is -2.27. The van der Waals surface area contributed by atoms with E-state index in [0.29, 0.717) is 31.4 Å². The number of methoxy groups -OCH3 is 1. The van der Waals surface area contributed by atoms with Crippen LogP contribution in [-0.2, 0) is 17.9 Å². The SMILES string of the molecule is COc1ccc(CNC(=O)CCCn2nc(C)n3c(cc4sccc43)c2=O)cc1. The van der Waals surface area contributed by atoms with E-state index in [2.05, 4.69) is 10.4 Å². The number of hydrogen-bond acceptors (Lipinski definition) is 5. The van der Waals surface area contributed by atoms with E-state index in [1.165, 1.54) is 4.68 Å². The van der Waals surface area contributed by atoms with E-state index in [4.69, 9.17) is 4.74 Å². The molecule has 0 radical (unpaired) electrons. The van der Waals surface area contributed by atoms with E-state index in [-0.39, 0.29) is 11.5 Å². The number of carbonyl (C=O) groups is 1. The second-order valence-corrected chi connectivity index (χ2v) is 7.79. The van der Waals surface area contributed by atoms with Crippen molar-refractivity contribution in [2.75, 3.05) is 7.11 Å². The highest BCUT2D eigenvalue weighted by atomic mass is 32.1. The van der Waals surface area contributed by atoms with Crippen LogP contribution in [0.1, 0.15) is 24.2 Å². The summed E-state index contributed by atoms with van der Waals surface area (Å²) in [7, 11) is 1.62. The Kier molecular flexibility index (Phi) is 5.35. The molecule has 7 nitrogen and oxygen atoms in total. The fourth-order valence-corrected chi connectivity index (χ4v) is 4.21. The first-order valence-corrected chi connectivity index (χ1v) is 10.3. The normalized spacial score (nSPS) is 11.2. The van der Waals surface area contributed by atoms with Gasteiger partial charge in [-0.25, -0.2) is 4.68 Å². The molecule has 8 heteroatoms. The largest absolute Gasteiger partial charge is 0.497 e. The van der Waals surface area contributed by atoms with Gasteiger partial charge in [-0.05, 0) is 48.6 Å². The molecular formula is C21H22N4O3S. The maximum absolute atomic E-state index is 12.8. The summed E-state index contributed by atoms with van der Waals surface area (Å²) < 4.78 is 9.56. The van der Waals surface area contributed by atoms with Crippen molar-refractivity contribution < 1.29 is 9.53 Å². The number of benzene rings is 1. The Morgan fingerprint density at radius 1 is 1.21 bits per heavy atom. The molecule has 0 fully saturated rings. The van der Waals surface area contributed by atoms with Gasteiger partial charge in [-0.2, -0.15) is 5.10 Å². The highest BCUT2D eigenvalue weighted by molar-refractivity contribution is 7.17. The second-order valence-electron chi connectivity index (χ2n) is 6.84. The van der Waals surface area contributed by atoms with Crippen LogP contribution in [-0.4, -0.2) is 27.2 Å². The molecule has 4 rings (SSSR count). The topological polar surface area (TPSA) is 77.6 Å². The molecule has 1 amide bonds. The number of ether oxygens (including phenoxy) is 1. The maximum Gasteiger partial charge on any atom is 0.291 e. The molecule has 0 aliphatic carbocycles. The van der Waals surface area contributed by atoms with E-state index >= 15 is 0 Å². The van der Waals surface area contributed by atoms with Crippen LogP contribution in [0.3, 0.4) is 0 Å². The molecule has 0 saturated carbocycles. The Hall–Kier alpha value is -3.13. The molecule has 0 spiro atoms. The third kappa shape index (κ3) is 3.88. The van der Waals surface area contributed by atoms with Gasteiger partial charge in [0, 0.05) is 19.5 Å². The van der Waals surface area contributed by atoms with Crippen LogP contribution in [0.2, 0.25) is 0 Å². The number of hydrogen-bond donors (Lipinski definition) is 1. The Labute approximate surface area is 171 Å². The number of nitrogens with zero attached hydrogens (tertiary/aromatic N) is 3. The summed E-state index contributed by atoms with van der Waals surface area (Å²) in [6.45, 7) is 2.76. The highest BCUT2D eigenvalue weighted by Crippen LogP contribution is 2.24. The van der Waals surface area contributed by atoms with E-state index in [0.717, 1.165) is 27.4 Å². The average Bonchev–Trinajstić information content (AvgIpc) is 3.32. The lowest BCUT2D eigenvalue weighted by Gasteiger charge is -2.09. The second kappa shape index (κ2) is 8.08. The van der Waals surface area contributed by atoms with Crippen LogP contribution in [0, 0.1) is 6.92 Å². The third-order valence-corrected chi connectivity index (χ3v) is 5.74. The summed E-state index contributed by atoms with van der Waals surface area (Å²) in [4.78, 5) is 24.9. The van der Waals surface area contributed by atoms with Crippen LogP contribution in [0.4, 0.5) is 0 Å². The summed E-state index contributed by atoms with van der Waals surface area (Å²) >= 11 is 1.61. The summed E-state index contributed by atoms with van der Waals surface area (Å²) in [5.74, 6) is 1.50. The Bertz CT molecular complexity index is 1220. The van der Waals surface area contributed by atoms with Crippen molar-refractivity contribution in [2.45, 2.75) is 32.9 Å². The summed E-state index contributed by atoms with van der Waals surface area (Å²) in [6, 6.07) is 11.5. The minimum atomic E-state index is -0.127. The third-order valence-electron chi connectivity index (χ3n) is 4.89. The molecule has 1 N–H and O–H groups in total. The van der Waals surface area contributed by atoms with Crippen molar-refractivity contribution in [3.05, 3.63) is 63.5 Å². The van der Waals surface area contributed by atoms with Crippen LogP contribution in [0.25, 0.3) is 15.7 Å². The Morgan fingerprint density at radius 2 is 2.00 bits per heavy atom. The molecule has 0 unspecified atom stereocenters. The van der Waals surface area contributed by atoms with E-state index in [1.807, 2.05) is 53.1 Å². The summed E-state index contributed by atoms with van der Waals surface area (Å²) in [6.07, 6.45) is 0.886. The minimum Gasteiger partial charge on any atom is -0.497 e. The van der Waals surface area contributed by atoms with Crippen molar-refractivity contribution >= 4 is 33.0 Å². The number of thiophene rings is 1. The highest BCUT2D eigenvalue weighted by Gasteiger charge is 2.13. The first-order chi connectivity index (χ1) is 14.1. The van der Waals surface area contributed by atoms with Gasteiger partial charge in [0.05, 0.1) is 17.3 Å². The maximum atomic E-state index is 12.8. The van der Waals surface area contributed by atoms with Crippen molar-refractivity contribution in [1.82, 2.24) is 19.5 Å². The minimum absolute atomic E-state index is 0.0464. The fraction of sp³-hybridized carbons (Fsp3) is 0.286. The van der Waals surface area contributed by atoms with E-state index in [1.54, 1.807) is 18.4 Å². The van der Waals surface area contributed by atoms with Gasteiger partial charge in [-0.1, -0.05) is 12.1 Å². The molecule has 150 valence electrons. The number of rotatable bonds is 7. The van der Waals surface area contributed by atoms with Crippen LogP contribution in [0.5, 0.6) is 5.75 Å². The molecular weight excluding hydrogens is 388 g/mol. The van der Waals surface area contributed by atoms with Crippen LogP contribution < -0.4 is 15.6 Å².